The number of piperidine rings is 2. The lowest BCUT2D eigenvalue weighted by Crippen LogP contribution is -2.35. The van der Waals surface area contributed by atoms with Gasteiger partial charge < -0.3 is 15.5 Å². The van der Waals surface area contributed by atoms with Gasteiger partial charge in [0.1, 0.15) is 34.9 Å². The molecule has 2 saturated heterocycles. The van der Waals surface area contributed by atoms with E-state index in [1.807, 2.05) is 36.4 Å². The summed E-state index contributed by atoms with van der Waals surface area (Å²) in [4.78, 5) is 16.4. The fourth-order valence-electron chi connectivity index (χ4n) is 5.67. The van der Waals surface area contributed by atoms with Crippen molar-refractivity contribution in [3.63, 3.8) is 0 Å². The first kappa shape index (κ1) is 27.7. The lowest BCUT2D eigenvalue weighted by molar-refractivity contribution is -0.384. The van der Waals surface area contributed by atoms with Crippen molar-refractivity contribution in [2.45, 2.75) is 39.5 Å². The minimum Gasteiger partial charge on any atom is -0.382 e. The first-order valence-corrected chi connectivity index (χ1v) is 14.1. The number of nitro benzene ring substituents is 1. The van der Waals surface area contributed by atoms with Crippen LogP contribution in [0.4, 0.5) is 22.9 Å². The first-order valence-electron chi connectivity index (χ1n) is 14.1. The number of hydrogen-bond donors (Lipinski definition) is 1. The molecule has 41 heavy (non-hydrogen) atoms. The number of aromatic nitrogens is 2. The first-order chi connectivity index (χ1) is 19.8. The van der Waals surface area contributed by atoms with E-state index in [4.69, 9.17) is 5.73 Å². The van der Waals surface area contributed by atoms with Gasteiger partial charge >= 0.3 is 0 Å². The van der Waals surface area contributed by atoms with Gasteiger partial charge in [-0.15, -0.1) is 0 Å². The predicted octanol–water partition coefficient (Wildman–Crippen LogP) is 5.77. The number of nitrogens with zero attached hydrogens (tertiary/aromatic N) is 7. The Morgan fingerprint density at radius 2 is 1.59 bits per heavy atom. The summed E-state index contributed by atoms with van der Waals surface area (Å²) in [7, 11) is 0. The van der Waals surface area contributed by atoms with Crippen LogP contribution in [0, 0.1) is 44.6 Å². The van der Waals surface area contributed by atoms with Crippen molar-refractivity contribution in [1.29, 1.82) is 10.5 Å². The minimum atomic E-state index is -0.346. The Labute approximate surface area is 240 Å². The zero-order valence-electron chi connectivity index (χ0n) is 23.5. The Morgan fingerprint density at radius 1 is 1.00 bits per heavy atom. The molecular formula is C31H34N8O2. The summed E-state index contributed by atoms with van der Waals surface area (Å²) in [5.74, 6) is 1.32. The number of rotatable bonds is 6. The van der Waals surface area contributed by atoms with E-state index in [2.05, 4.69) is 40.9 Å². The molecule has 2 fully saturated rings. The monoisotopic (exact) mass is 550 g/mol. The second-order valence-corrected chi connectivity index (χ2v) is 11.1. The van der Waals surface area contributed by atoms with E-state index >= 15 is 0 Å². The van der Waals surface area contributed by atoms with Gasteiger partial charge in [-0.2, -0.15) is 15.6 Å². The molecule has 2 N–H and O–H groups in total. The molecule has 2 aliphatic rings. The van der Waals surface area contributed by atoms with Crippen molar-refractivity contribution >= 4 is 34.5 Å². The van der Waals surface area contributed by atoms with Crippen LogP contribution < -0.4 is 15.5 Å². The van der Waals surface area contributed by atoms with E-state index in [0.29, 0.717) is 28.8 Å². The summed E-state index contributed by atoms with van der Waals surface area (Å²) >= 11 is 0. The Morgan fingerprint density at radius 3 is 2.12 bits per heavy atom. The maximum absolute atomic E-state index is 12.3. The van der Waals surface area contributed by atoms with Crippen LogP contribution in [0.1, 0.15) is 56.4 Å². The van der Waals surface area contributed by atoms with E-state index in [0.717, 1.165) is 57.5 Å². The minimum absolute atomic E-state index is 0.00653. The number of anilines is 3. The molecule has 0 aliphatic carbocycles. The summed E-state index contributed by atoms with van der Waals surface area (Å²) in [5, 5.41) is 37.1. The van der Waals surface area contributed by atoms with Crippen LogP contribution in [0.15, 0.2) is 42.5 Å². The van der Waals surface area contributed by atoms with E-state index in [9.17, 15) is 20.6 Å². The third-order valence-electron chi connectivity index (χ3n) is 8.28. The molecule has 10 heteroatoms. The van der Waals surface area contributed by atoms with Gasteiger partial charge in [0.2, 0.25) is 0 Å². The van der Waals surface area contributed by atoms with Crippen LogP contribution in [-0.2, 0) is 0 Å². The van der Waals surface area contributed by atoms with Gasteiger partial charge in [-0.1, -0.05) is 32.0 Å². The molecule has 0 bridgehead atoms. The highest BCUT2D eigenvalue weighted by Crippen LogP contribution is 2.40. The lowest BCUT2D eigenvalue weighted by Gasteiger charge is -2.35. The maximum Gasteiger partial charge on any atom is 0.293 e. The largest absolute Gasteiger partial charge is 0.382 e. The molecule has 2 aliphatic heterocycles. The Bertz CT molecular complexity index is 1550. The Balaban J connectivity index is 1.66. The molecule has 0 atom stereocenters. The van der Waals surface area contributed by atoms with Gasteiger partial charge in [0.25, 0.3) is 5.69 Å². The van der Waals surface area contributed by atoms with Gasteiger partial charge in [-0.25, -0.2) is 4.68 Å². The van der Waals surface area contributed by atoms with Gasteiger partial charge in [0.15, 0.2) is 0 Å². The fourth-order valence-corrected chi connectivity index (χ4v) is 5.67. The maximum atomic E-state index is 12.3. The highest BCUT2D eigenvalue weighted by Gasteiger charge is 2.29. The van der Waals surface area contributed by atoms with Crippen molar-refractivity contribution < 1.29 is 4.92 Å². The van der Waals surface area contributed by atoms with Crippen molar-refractivity contribution in [3.05, 3.63) is 69.4 Å². The standard InChI is InChI=1S/C31H34N8O2/c1-21-8-12-36(13-9-21)27-18-28(37-14-10-22(2)11-15-37)29(39(40)41)17-23(27)16-24(19-32)30-26(20-33)31(34)38(35-30)25-6-4-3-5-7-25/h3-7,16-18,21-22H,8-15,34H2,1-2H3/b24-16-. The molecule has 2 aromatic carbocycles. The average molecular weight is 551 g/mol. The van der Waals surface area contributed by atoms with Crippen molar-refractivity contribution in [3.8, 4) is 17.8 Å². The fraction of sp³-hybridized carbons (Fsp3) is 0.387. The quantitative estimate of drug-likeness (QED) is 0.232. The number of para-hydroxylation sites is 1. The van der Waals surface area contributed by atoms with Crippen LogP contribution in [0.2, 0.25) is 0 Å². The Hall–Kier alpha value is -4.83. The molecular weight excluding hydrogens is 516 g/mol. The number of allylic oxidation sites excluding steroid dienone is 1. The highest BCUT2D eigenvalue weighted by atomic mass is 16.6. The third kappa shape index (κ3) is 5.59. The smallest absolute Gasteiger partial charge is 0.293 e. The zero-order valence-corrected chi connectivity index (χ0v) is 23.5. The molecule has 0 spiro atoms. The lowest BCUT2D eigenvalue weighted by atomic mass is 9.95. The Kier molecular flexibility index (Phi) is 7.93. The van der Waals surface area contributed by atoms with E-state index in [1.54, 1.807) is 12.1 Å². The van der Waals surface area contributed by atoms with Crippen LogP contribution in [0.3, 0.4) is 0 Å². The molecule has 1 aromatic heterocycles. The zero-order chi connectivity index (χ0) is 29.1. The number of nitriles is 2. The second-order valence-electron chi connectivity index (χ2n) is 11.1. The number of hydrogen-bond acceptors (Lipinski definition) is 8. The van der Waals surface area contributed by atoms with Gasteiger partial charge in [0.05, 0.1) is 16.2 Å². The van der Waals surface area contributed by atoms with Crippen molar-refractivity contribution in [1.82, 2.24) is 9.78 Å². The topological polar surface area (TPSA) is 141 Å². The van der Waals surface area contributed by atoms with Gasteiger partial charge in [-0.3, -0.25) is 10.1 Å². The molecule has 0 amide bonds. The molecule has 0 saturated carbocycles. The third-order valence-corrected chi connectivity index (χ3v) is 8.28. The summed E-state index contributed by atoms with van der Waals surface area (Å²) < 4.78 is 1.44. The van der Waals surface area contributed by atoms with E-state index in [-0.39, 0.29) is 33.3 Å². The SMILES string of the molecule is CC1CCN(c2cc(N3CCC(C)CC3)c([N+](=O)[O-])cc2/C=C(/C#N)c2nn(-c3ccccc3)c(N)c2C#N)CC1. The summed E-state index contributed by atoms with van der Waals surface area (Å²) in [5.41, 5.74) is 9.32. The summed E-state index contributed by atoms with van der Waals surface area (Å²) in [6, 6.07) is 16.9. The molecule has 10 nitrogen and oxygen atoms in total. The molecule has 3 heterocycles. The molecule has 0 unspecified atom stereocenters. The average Bonchev–Trinajstić information content (AvgIpc) is 3.32. The van der Waals surface area contributed by atoms with Gasteiger partial charge in [-0.05, 0) is 61.8 Å². The van der Waals surface area contributed by atoms with Gasteiger partial charge in [0, 0.05) is 43.5 Å². The number of benzene rings is 2. The summed E-state index contributed by atoms with van der Waals surface area (Å²) in [6.07, 6.45) is 5.60. The van der Waals surface area contributed by atoms with Crippen molar-refractivity contribution in [2.24, 2.45) is 11.8 Å². The summed E-state index contributed by atoms with van der Waals surface area (Å²) in [6.45, 7) is 7.61. The second kappa shape index (κ2) is 11.7. The van der Waals surface area contributed by atoms with E-state index in [1.165, 1.54) is 4.68 Å². The number of nitrogen functional groups attached to an aromatic ring is 1. The van der Waals surface area contributed by atoms with E-state index < -0.39 is 0 Å². The molecule has 0 radical (unpaired) electrons. The normalized spacial score (nSPS) is 16.8. The number of nitrogens with two attached hydrogens (primary N) is 1. The highest BCUT2D eigenvalue weighted by molar-refractivity contribution is 5.95. The van der Waals surface area contributed by atoms with Crippen LogP contribution in [-0.4, -0.2) is 40.9 Å². The number of nitro groups is 1. The van der Waals surface area contributed by atoms with Crippen LogP contribution in [0.25, 0.3) is 17.3 Å². The van der Waals surface area contributed by atoms with Crippen LogP contribution >= 0.6 is 0 Å². The molecule has 3 aromatic rings. The predicted molar refractivity (Wildman–Crippen MR) is 160 cm³/mol. The molecule has 5 rings (SSSR count). The van der Waals surface area contributed by atoms with Crippen LogP contribution in [0.5, 0.6) is 0 Å². The molecule has 210 valence electrons. The van der Waals surface area contributed by atoms with Crippen molar-refractivity contribution in [2.75, 3.05) is 41.7 Å².